The molecule has 0 saturated carbocycles. The second-order valence-electron chi connectivity index (χ2n) is 6.54. The predicted octanol–water partition coefficient (Wildman–Crippen LogP) is 2.70. The number of hydrogen-bond donors (Lipinski definition) is 0. The molecule has 0 N–H and O–H groups in total. The molecule has 1 amide bonds. The van der Waals surface area contributed by atoms with Gasteiger partial charge in [-0.15, -0.1) is 0 Å². The molecule has 0 bridgehead atoms. The fourth-order valence-electron chi connectivity index (χ4n) is 2.77. The van der Waals surface area contributed by atoms with Crippen molar-refractivity contribution in [3.8, 4) is 0 Å². The molecule has 8 heteroatoms. The van der Waals surface area contributed by atoms with Crippen molar-refractivity contribution in [2.24, 2.45) is 0 Å². The fourth-order valence-corrected chi connectivity index (χ4v) is 4.23. The van der Waals surface area contributed by atoms with Gasteiger partial charge in [-0.3, -0.25) is 4.79 Å². The molecule has 0 radical (unpaired) electrons. The van der Waals surface area contributed by atoms with Crippen molar-refractivity contribution >= 4 is 21.9 Å². The van der Waals surface area contributed by atoms with Gasteiger partial charge < -0.3 is 9.64 Å². The van der Waals surface area contributed by atoms with Gasteiger partial charge in [0.25, 0.3) is 5.91 Å². The number of ether oxygens (including phenoxy) is 1. The molecule has 7 nitrogen and oxygen atoms in total. The summed E-state index contributed by atoms with van der Waals surface area (Å²) in [6.07, 6.45) is -1.09. The summed E-state index contributed by atoms with van der Waals surface area (Å²) in [5.41, 5.74) is 0.719. The van der Waals surface area contributed by atoms with Gasteiger partial charge in [-0.2, -0.15) is 4.31 Å². The highest BCUT2D eigenvalue weighted by atomic mass is 32.2. The van der Waals surface area contributed by atoms with Crippen molar-refractivity contribution in [2.45, 2.75) is 24.8 Å². The Labute approximate surface area is 171 Å². The summed E-state index contributed by atoms with van der Waals surface area (Å²) >= 11 is 0. The van der Waals surface area contributed by atoms with E-state index in [0.717, 1.165) is 0 Å². The summed E-state index contributed by atoms with van der Waals surface area (Å²) in [6.45, 7) is 4.23. The first-order valence-electron chi connectivity index (χ1n) is 9.29. The Morgan fingerprint density at radius 1 is 0.931 bits per heavy atom. The number of amides is 1. The lowest BCUT2D eigenvalue weighted by Gasteiger charge is -2.21. The largest absolute Gasteiger partial charge is 0.444 e. The van der Waals surface area contributed by atoms with Gasteiger partial charge >= 0.3 is 5.97 Å². The number of nitrogens with zero attached hydrogens (tertiary/aromatic N) is 2. The molecule has 1 atom stereocenters. The number of carbonyl (C=O) groups excluding carboxylic acids is 2. The van der Waals surface area contributed by atoms with Crippen molar-refractivity contribution in [2.75, 3.05) is 27.2 Å². The normalized spacial score (nSPS) is 12.4. The van der Waals surface area contributed by atoms with Crippen LogP contribution in [0.2, 0.25) is 0 Å². The highest BCUT2D eigenvalue weighted by Gasteiger charge is 2.27. The van der Waals surface area contributed by atoms with Crippen LogP contribution in [0, 0.1) is 0 Å². The van der Waals surface area contributed by atoms with E-state index in [1.54, 1.807) is 58.3 Å². The Kier molecular flexibility index (Phi) is 7.53. The first-order chi connectivity index (χ1) is 13.7. The molecule has 0 aromatic heterocycles. The first kappa shape index (κ1) is 22.6. The summed E-state index contributed by atoms with van der Waals surface area (Å²) in [6, 6.07) is 14.3. The maximum atomic E-state index is 12.6. The van der Waals surface area contributed by atoms with E-state index in [4.69, 9.17) is 4.74 Å². The Hall–Kier alpha value is -2.71. The minimum atomic E-state index is -3.61. The van der Waals surface area contributed by atoms with Crippen LogP contribution in [0.1, 0.15) is 35.9 Å². The molecule has 0 spiro atoms. The van der Waals surface area contributed by atoms with Gasteiger partial charge in [-0.25, -0.2) is 13.2 Å². The molecule has 0 aliphatic heterocycles. The molecule has 0 heterocycles. The standard InChI is InChI=1S/C21H26N2O5S/c1-5-23(6-2)29(26,27)18-14-12-17(13-15-18)21(25)28-19(20(24)22(3)4)16-10-8-7-9-11-16/h7-15,19H,5-6H2,1-4H3/t19-/m1/s1. The Balaban J connectivity index is 2.26. The molecule has 2 aromatic carbocycles. The van der Waals surface area contributed by atoms with Crippen molar-refractivity contribution < 1.29 is 22.7 Å². The second kappa shape index (κ2) is 9.67. The molecule has 29 heavy (non-hydrogen) atoms. The summed E-state index contributed by atoms with van der Waals surface area (Å²) in [5, 5.41) is 0. The summed E-state index contributed by atoms with van der Waals surface area (Å²) in [5.74, 6) is -1.08. The van der Waals surface area contributed by atoms with Crippen LogP contribution in [-0.4, -0.2) is 56.7 Å². The monoisotopic (exact) mass is 418 g/mol. The van der Waals surface area contributed by atoms with Crippen LogP contribution in [0.3, 0.4) is 0 Å². The zero-order valence-corrected chi connectivity index (χ0v) is 17.8. The molecule has 0 aliphatic carbocycles. The smallest absolute Gasteiger partial charge is 0.339 e. The maximum Gasteiger partial charge on any atom is 0.339 e. The first-order valence-corrected chi connectivity index (χ1v) is 10.7. The van der Waals surface area contributed by atoms with E-state index in [-0.39, 0.29) is 16.4 Å². The molecule has 2 aromatic rings. The van der Waals surface area contributed by atoms with E-state index in [1.807, 2.05) is 0 Å². The average molecular weight is 419 g/mol. The number of carbonyl (C=O) groups is 2. The van der Waals surface area contributed by atoms with Crippen LogP contribution < -0.4 is 0 Å². The molecule has 0 unspecified atom stereocenters. The lowest BCUT2D eigenvalue weighted by molar-refractivity contribution is -0.138. The van der Waals surface area contributed by atoms with Crippen molar-refractivity contribution in [3.05, 3.63) is 65.7 Å². The number of rotatable bonds is 8. The molecule has 156 valence electrons. The quantitative estimate of drug-likeness (QED) is 0.616. The van der Waals surface area contributed by atoms with Gasteiger partial charge in [-0.1, -0.05) is 44.2 Å². The number of esters is 1. The summed E-state index contributed by atoms with van der Waals surface area (Å²) in [4.78, 5) is 26.6. The molecule has 0 fully saturated rings. The minimum absolute atomic E-state index is 0.0988. The Bertz CT molecular complexity index is 937. The van der Waals surface area contributed by atoms with E-state index in [9.17, 15) is 18.0 Å². The topological polar surface area (TPSA) is 84.0 Å². The summed E-state index contributed by atoms with van der Waals surface area (Å²) < 4.78 is 31.9. The maximum absolute atomic E-state index is 12.6. The third-order valence-electron chi connectivity index (χ3n) is 4.43. The fraction of sp³-hybridized carbons (Fsp3) is 0.333. The SMILES string of the molecule is CCN(CC)S(=O)(=O)c1ccc(C(=O)O[C@@H](C(=O)N(C)C)c2ccccc2)cc1. The highest BCUT2D eigenvalue weighted by Crippen LogP contribution is 2.22. The lowest BCUT2D eigenvalue weighted by Crippen LogP contribution is -2.31. The minimum Gasteiger partial charge on any atom is -0.444 e. The predicted molar refractivity (Wildman–Crippen MR) is 110 cm³/mol. The van der Waals surface area contributed by atoms with Gasteiger partial charge in [-0.05, 0) is 24.3 Å². The van der Waals surface area contributed by atoms with Gasteiger partial charge in [0, 0.05) is 32.7 Å². The Morgan fingerprint density at radius 3 is 1.97 bits per heavy atom. The van der Waals surface area contributed by atoms with Gasteiger partial charge in [0.2, 0.25) is 16.1 Å². The molecular weight excluding hydrogens is 392 g/mol. The number of hydrogen-bond acceptors (Lipinski definition) is 5. The average Bonchev–Trinajstić information content (AvgIpc) is 2.72. The van der Waals surface area contributed by atoms with Crippen LogP contribution in [0.25, 0.3) is 0 Å². The van der Waals surface area contributed by atoms with Crippen molar-refractivity contribution in [1.29, 1.82) is 0 Å². The molecular formula is C21H26N2O5S. The van der Waals surface area contributed by atoms with Crippen molar-refractivity contribution in [1.82, 2.24) is 9.21 Å². The molecule has 0 saturated heterocycles. The van der Waals surface area contributed by atoms with E-state index >= 15 is 0 Å². The third kappa shape index (κ3) is 5.21. The molecule has 0 aliphatic rings. The van der Waals surface area contributed by atoms with Crippen LogP contribution in [0.5, 0.6) is 0 Å². The van der Waals surface area contributed by atoms with Gasteiger partial charge in [0.05, 0.1) is 10.5 Å². The van der Waals surface area contributed by atoms with Crippen LogP contribution in [0.4, 0.5) is 0 Å². The number of benzene rings is 2. The van der Waals surface area contributed by atoms with E-state index in [2.05, 4.69) is 0 Å². The Morgan fingerprint density at radius 2 is 1.48 bits per heavy atom. The summed E-state index contributed by atoms with van der Waals surface area (Å²) in [7, 11) is -0.449. The van der Waals surface area contributed by atoms with E-state index in [1.165, 1.54) is 33.5 Å². The second-order valence-corrected chi connectivity index (χ2v) is 8.48. The van der Waals surface area contributed by atoms with Crippen LogP contribution in [0.15, 0.2) is 59.5 Å². The van der Waals surface area contributed by atoms with Crippen LogP contribution in [-0.2, 0) is 19.6 Å². The number of likely N-dealkylation sites (N-methyl/N-ethyl adjacent to an activating group) is 1. The van der Waals surface area contributed by atoms with E-state index in [0.29, 0.717) is 18.7 Å². The lowest BCUT2D eigenvalue weighted by atomic mass is 10.1. The highest BCUT2D eigenvalue weighted by molar-refractivity contribution is 7.89. The van der Waals surface area contributed by atoms with Gasteiger partial charge in [0.15, 0.2) is 0 Å². The van der Waals surface area contributed by atoms with Crippen molar-refractivity contribution in [3.63, 3.8) is 0 Å². The zero-order valence-electron chi connectivity index (χ0n) is 17.0. The number of sulfonamides is 1. The van der Waals surface area contributed by atoms with Gasteiger partial charge in [0.1, 0.15) is 0 Å². The van der Waals surface area contributed by atoms with Crippen LogP contribution >= 0.6 is 0 Å². The zero-order chi connectivity index (χ0) is 21.6. The molecule has 2 rings (SSSR count). The third-order valence-corrected chi connectivity index (χ3v) is 6.49. The van der Waals surface area contributed by atoms with E-state index < -0.39 is 22.1 Å².